The molecular formula is C40H66N6O6. The first kappa shape index (κ1) is 40.2. The smallest absolute Gasteiger partial charge is 0.289 e. The van der Waals surface area contributed by atoms with Crippen LogP contribution in [0.5, 0.6) is 0 Å². The normalized spacial score (nSPS) is 28.3. The monoisotopic (exact) mass is 727 g/mol. The van der Waals surface area contributed by atoms with Crippen LogP contribution in [0.3, 0.4) is 0 Å². The summed E-state index contributed by atoms with van der Waals surface area (Å²) < 4.78 is 0. The van der Waals surface area contributed by atoms with E-state index in [1.807, 2.05) is 60.4 Å². The van der Waals surface area contributed by atoms with E-state index in [-0.39, 0.29) is 40.1 Å². The van der Waals surface area contributed by atoms with Crippen molar-refractivity contribution >= 4 is 35.3 Å². The first-order valence-corrected chi connectivity index (χ1v) is 19.9. The largest absolute Gasteiger partial charge is 0.347 e. The zero-order valence-corrected chi connectivity index (χ0v) is 33.5. The van der Waals surface area contributed by atoms with Crippen molar-refractivity contribution < 1.29 is 28.8 Å². The minimum absolute atomic E-state index is 0.0114. The average molecular weight is 727 g/mol. The summed E-state index contributed by atoms with van der Waals surface area (Å²) in [6.07, 6.45) is 8.91. The number of rotatable bonds is 12. The fourth-order valence-corrected chi connectivity index (χ4v) is 9.89. The molecule has 6 atom stereocenters. The topological polar surface area (TPSA) is 157 Å². The van der Waals surface area contributed by atoms with E-state index < -0.39 is 58.5 Å². The maximum atomic E-state index is 15.0. The lowest BCUT2D eigenvalue weighted by Crippen LogP contribution is -2.63. The number of ketones is 1. The van der Waals surface area contributed by atoms with Crippen molar-refractivity contribution in [1.82, 2.24) is 31.1 Å². The Kier molecular flexibility index (Phi) is 11.1. The molecule has 292 valence electrons. The van der Waals surface area contributed by atoms with E-state index in [2.05, 4.69) is 35.1 Å². The highest BCUT2D eigenvalue weighted by atomic mass is 16.2. The number of likely N-dealkylation sites (N-methyl/N-ethyl adjacent to an activating group) is 1. The SMILES string of the molecule is CCC[C@H](NC(=O)[C@@H]1C[C@@]2(CN1C(=O)[C@@H](NC(=O)C(NC(=O)[C@@H]1CCCCN1C)C(C)(C)C)C(C)(C)C)C(C)(C)C21CCC1)C(=O)C(=O)NC1CC1. The lowest BCUT2D eigenvalue weighted by Gasteiger charge is -2.39. The number of hydrogen-bond donors (Lipinski definition) is 4. The second-order valence-electron chi connectivity index (χ2n) is 19.4. The number of nitrogens with zero attached hydrogens (tertiary/aromatic N) is 2. The highest BCUT2D eigenvalue weighted by Gasteiger charge is 2.85. The van der Waals surface area contributed by atoms with Crippen molar-refractivity contribution in [2.45, 2.75) is 169 Å². The molecule has 2 saturated heterocycles. The van der Waals surface area contributed by atoms with Gasteiger partial charge in [0.2, 0.25) is 29.4 Å². The van der Waals surface area contributed by atoms with E-state index in [4.69, 9.17) is 0 Å². The molecule has 2 heterocycles. The van der Waals surface area contributed by atoms with Crippen molar-refractivity contribution in [3.8, 4) is 0 Å². The number of carbonyl (C=O) groups excluding carboxylic acids is 6. The van der Waals surface area contributed by atoms with Gasteiger partial charge in [-0.15, -0.1) is 0 Å². The third-order valence-corrected chi connectivity index (χ3v) is 13.6. The zero-order chi connectivity index (χ0) is 38.6. The van der Waals surface area contributed by atoms with Gasteiger partial charge in [-0.3, -0.25) is 33.7 Å². The molecule has 0 aromatic heterocycles. The number of piperidine rings is 1. The first-order chi connectivity index (χ1) is 24.1. The molecule has 4 N–H and O–H groups in total. The lowest BCUT2D eigenvalue weighted by molar-refractivity contribution is -0.146. The summed E-state index contributed by atoms with van der Waals surface area (Å²) in [5, 5.41) is 11.7. The number of likely N-dealkylation sites (tertiary alicyclic amines) is 2. The van der Waals surface area contributed by atoms with E-state index in [9.17, 15) is 28.8 Å². The highest BCUT2D eigenvalue weighted by molar-refractivity contribution is 6.38. The summed E-state index contributed by atoms with van der Waals surface area (Å²) in [4.78, 5) is 86.8. The van der Waals surface area contributed by atoms with Gasteiger partial charge in [0.15, 0.2) is 0 Å². The highest BCUT2D eigenvalue weighted by Crippen LogP contribution is 2.88. The molecule has 3 saturated carbocycles. The Morgan fingerprint density at radius 3 is 1.88 bits per heavy atom. The van der Waals surface area contributed by atoms with Gasteiger partial charge in [-0.1, -0.05) is 81.6 Å². The molecule has 3 aliphatic carbocycles. The Morgan fingerprint density at radius 1 is 0.769 bits per heavy atom. The Balaban J connectivity index is 1.40. The summed E-state index contributed by atoms with van der Waals surface area (Å²) >= 11 is 0. The number of Topliss-reactive ketones (excluding diaryl/α,β-unsaturated/α-hetero) is 1. The summed E-state index contributed by atoms with van der Waals surface area (Å²) in [5.74, 6) is -2.78. The van der Waals surface area contributed by atoms with E-state index in [1.54, 1.807) is 4.90 Å². The molecule has 2 spiro atoms. The van der Waals surface area contributed by atoms with Crippen LogP contribution in [0.4, 0.5) is 0 Å². The first-order valence-electron chi connectivity index (χ1n) is 19.9. The molecule has 5 aliphatic rings. The average Bonchev–Trinajstić information content (AvgIpc) is 3.85. The molecule has 12 nitrogen and oxygen atoms in total. The second-order valence-corrected chi connectivity index (χ2v) is 19.4. The van der Waals surface area contributed by atoms with Crippen LogP contribution in [0.15, 0.2) is 0 Å². The molecule has 2 aliphatic heterocycles. The van der Waals surface area contributed by atoms with Gasteiger partial charge in [0, 0.05) is 18.0 Å². The van der Waals surface area contributed by atoms with Crippen LogP contribution in [0, 0.1) is 27.1 Å². The quantitative estimate of drug-likeness (QED) is 0.225. The lowest BCUT2D eigenvalue weighted by atomic mass is 9.73. The van der Waals surface area contributed by atoms with Crippen LogP contribution in [0.2, 0.25) is 0 Å². The fourth-order valence-electron chi connectivity index (χ4n) is 9.89. The third kappa shape index (κ3) is 7.26. The van der Waals surface area contributed by atoms with Gasteiger partial charge in [0.1, 0.15) is 18.1 Å². The Morgan fingerprint density at radius 2 is 1.38 bits per heavy atom. The maximum absolute atomic E-state index is 15.0. The maximum Gasteiger partial charge on any atom is 0.289 e. The predicted octanol–water partition coefficient (Wildman–Crippen LogP) is 3.46. The van der Waals surface area contributed by atoms with Crippen molar-refractivity contribution in [3.63, 3.8) is 0 Å². The van der Waals surface area contributed by atoms with Gasteiger partial charge >= 0.3 is 0 Å². The molecule has 5 rings (SSSR count). The van der Waals surface area contributed by atoms with Gasteiger partial charge in [-0.05, 0) is 86.6 Å². The van der Waals surface area contributed by atoms with Gasteiger partial charge in [0.05, 0.1) is 12.1 Å². The van der Waals surface area contributed by atoms with Gasteiger partial charge in [-0.25, -0.2) is 0 Å². The predicted molar refractivity (Wildman–Crippen MR) is 199 cm³/mol. The zero-order valence-electron chi connectivity index (χ0n) is 33.5. The number of nitrogens with one attached hydrogen (secondary N) is 4. The summed E-state index contributed by atoms with van der Waals surface area (Å²) in [6.45, 7) is 18.9. The molecule has 0 bridgehead atoms. The van der Waals surface area contributed by atoms with Crippen LogP contribution in [-0.4, -0.2) is 102 Å². The van der Waals surface area contributed by atoms with Crippen molar-refractivity contribution in [2.75, 3.05) is 20.1 Å². The fraction of sp³-hybridized carbons (Fsp3) is 0.850. The van der Waals surface area contributed by atoms with Gasteiger partial charge in [-0.2, -0.15) is 0 Å². The third-order valence-electron chi connectivity index (χ3n) is 13.6. The molecule has 52 heavy (non-hydrogen) atoms. The summed E-state index contributed by atoms with van der Waals surface area (Å²) in [7, 11) is 1.93. The van der Waals surface area contributed by atoms with E-state index >= 15 is 0 Å². The van der Waals surface area contributed by atoms with Crippen LogP contribution in [-0.2, 0) is 28.8 Å². The Hall–Kier alpha value is -3.02. The molecule has 5 amide bonds. The second kappa shape index (κ2) is 14.3. The molecule has 0 aromatic carbocycles. The summed E-state index contributed by atoms with van der Waals surface area (Å²) in [5.41, 5.74) is -1.73. The number of hydrogen-bond acceptors (Lipinski definition) is 7. The van der Waals surface area contributed by atoms with Crippen molar-refractivity contribution in [3.05, 3.63) is 0 Å². The van der Waals surface area contributed by atoms with E-state index in [0.29, 0.717) is 25.8 Å². The number of amides is 5. The molecule has 1 unspecified atom stereocenters. The Bertz CT molecular complexity index is 1440. The molecule has 0 radical (unpaired) electrons. The molecule has 12 heteroatoms. The molecular weight excluding hydrogens is 660 g/mol. The van der Waals surface area contributed by atoms with Crippen LogP contribution < -0.4 is 21.3 Å². The van der Waals surface area contributed by atoms with Crippen molar-refractivity contribution in [2.24, 2.45) is 27.1 Å². The molecule has 0 aromatic rings. The van der Waals surface area contributed by atoms with Crippen LogP contribution in [0.1, 0.15) is 133 Å². The Labute approximate surface area is 311 Å². The minimum Gasteiger partial charge on any atom is -0.347 e. The van der Waals surface area contributed by atoms with Crippen LogP contribution >= 0.6 is 0 Å². The minimum atomic E-state index is -0.999. The summed E-state index contributed by atoms with van der Waals surface area (Å²) in [6, 6.07) is -4.08. The standard InChI is InChI=1S/C40H66N6O6/c1-11-15-25(28(47)33(50)41-24-17-18-24)42-32(49)27-22-40(38(8,9)39(40)19-14-20-39)23-46(27)35(52)30(37(5,6)7)44-34(51)29(36(2,3)4)43-31(48)26-16-12-13-21-45(26)10/h24-27,29-30H,11-23H2,1-10H3,(H,41,50)(H,42,49)(H,43,48)(H,44,51)/t25-,26-,27-,29?,30+,40+/m0/s1. The number of fused-ring (bicyclic) bond motifs is 1. The van der Waals surface area contributed by atoms with Crippen LogP contribution in [0.25, 0.3) is 0 Å². The van der Waals surface area contributed by atoms with Gasteiger partial charge in [0.25, 0.3) is 5.91 Å². The van der Waals surface area contributed by atoms with E-state index in [0.717, 1.165) is 57.9 Å². The molecule has 5 fully saturated rings. The van der Waals surface area contributed by atoms with Gasteiger partial charge < -0.3 is 26.2 Å². The van der Waals surface area contributed by atoms with Crippen molar-refractivity contribution in [1.29, 1.82) is 0 Å². The number of carbonyl (C=O) groups is 6. The van der Waals surface area contributed by atoms with E-state index in [1.165, 1.54) is 0 Å².